The number of H-pyrrole nitrogens is 1. The summed E-state index contributed by atoms with van der Waals surface area (Å²) < 4.78 is 18.6. The second kappa shape index (κ2) is 8.95. The molecule has 0 radical (unpaired) electrons. The molecule has 2 fully saturated rings. The van der Waals surface area contributed by atoms with E-state index < -0.39 is 0 Å². The monoisotopic (exact) mass is 414 g/mol. The second-order valence-electron chi connectivity index (χ2n) is 7.85. The molecule has 0 bridgehead atoms. The van der Waals surface area contributed by atoms with Gasteiger partial charge in [-0.1, -0.05) is 12.1 Å². The van der Waals surface area contributed by atoms with Crippen LogP contribution >= 0.6 is 0 Å². The number of anilines is 1. The number of aryl methyl sites for hydroxylation is 1. The third-order valence-corrected chi connectivity index (χ3v) is 5.94. The van der Waals surface area contributed by atoms with Gasteiger partial charge < -0.3 is 14.5 Å². The number of aromatic amines is 1. The summed E-state index contributed by atoms with van der Waals surface area (Å²) in [6, 6.07) is 6.32. The number of halogens is 1. The van der Waals surface area contributed by atoms with Crippen molar-refractivity contribution in [3.63, 3.8) is 0 Å². The van der Waals surface area contributed by atoms with Crippen molar-refractivity contribution in [1.82, 2.24) is 14.9 Å². The van der Waals surface area contributed by atoms with Crippen LogP contribution in [0, 0.1) is 12.7 Å². The summed E-state index contributed by atoms with van der Waals surface area (Å²) >= 11 is 0. The number of ether oxygens (including phenoxy) is 1. The highest BCUT2D eigenvalue weighted by molar-refractivity contribution is 5.77. The zero-order chi connectivity index (χ0) is 21.1. The van der Waals surface area contributed by atoms with Gasteiger partial charge in [0, 0.05) is 37.3 Å². The maximum Gasteiger partial charge on any atom is 0.255 e. The molecule has 0 spiro atoms. The second-order valence-corrected chi connectivity index (χ2v) is 7.85. The van der Waals surface area contributed by atoms with Crippen molar-refractivity contribution in [3.05, 3.63) is 57.3 Å². The summed E-state index contributed by atoms with van der Waals surface area (Å²) in [5.74, 6) is 0.294. The third kappa shape index (κ3) is 4.38. The molecular weight excluding hydrogens is 387 g/mol. The van der Waals surface area contributed by atoms with Gasteiger partial charge in [0.25, 0.3) is 5.56 Å². The molecule has 2 aliphatic rings. The number of nitrogens with zero attached hydrogens (tertiary/aromatic N) is 3. The van der Waals surface area contributed by atoms with Gasteiger partial charge in [0.2, 0.25) is 11.9 Å². The van der Waals surface area contributed by atoms with Gasteiger partial charge in [0.1, 0.15) is 5.82 Å². The van der Waals surface area contributed by atoms with E-state index in [0.717, 1.165) is 18.4 Å². The minimum absolute atomic E-state index is 0.0119. The van der Waals surface area contributed by atoms with E-state index in [0.29, 0.717) is 56.5 Å². The van der Waals surface area contributed by atoms with Crippen molar-refractivity contribution in [1.29, 1.82) is 0 Å². The number of aromatic nitrogens is 2. The van der Waals surface area contributed by atoms with Crippen molar-refractivity contribution in [2.75, 3.05) is 37.7 Å². The minimum Gasteiger partial charge on any atom is -0.378 e. The number of morpholine rings is 1. The molecule has 1 amide bonds. The third-order valence-electron chi connectivity index (χ3n) is 5.94. The van der Waals surface area contributed by atoms with E-state index in [-0.39, 0.29) is 29.7 Å². The quantitative estimate of drug-likeness (QED) is 0.813. The Balaban J connectivity index is 1.43. The number of hydrogen-bond donors (Lipinski definition) is 1. The van der Waals surface area contributed by atoms with E-state index in [1.807, 2.05) is 16.7 Å². The maximum absolute atomic E-state index is 13.2. The number of likely N-dealkylation sites (tertiary alicyclic amines) is 1. The highest BCUT2D eigenvalue weighted by atomic mass is 19.1. The van der Waals surface area contributed by atoms with E-state index in [9.17, 15) is 14.0 Å². The van der Waals surface area contributed by atoms with Crippen LogP contribution in [0.4, 0.5) is 10.3 Å². The predicted molar refractivity (Wildman–Crippen MR) is 111 cm³/mol. The number of benzene rings is 1. The summed E-state index contributed by atoms with van der Waals surface area (Å²) in [5, 5.41) is 0. The largest absolute Gasteiger partial charge is 0.378 e. The number of carbonyl (C=O) groups excluding carboxylic acids is 1. The van der Waals surface area contributed by atoms with Gasteiger partial charge in [0.05, 0.1) is 19.3 Å². The summed E-state index contributed by atoms with van der Waals surface area (Å²) in [6.07, 6.45) is 2.39. The molecule has 0 aliphatic carbocycles. The van der Waals surface area contributed by atoms with E-state index in [1.54, 1.807) is 12.1 Å². The Kier molecular flexibility index (Phi) is 6.13. The molecular formula is C22H27FN4O3. The Morgan fingerprint density at radius 3 is 2.67 bits per heavy atom. The predicted octanol–water partition coefficient (Wildman–Crippen LogP) is 2.35. The lowest BCUT2D eigenvalue weighted by Gasteiger charge is -2.27. The van der Waals surface area contributed by atoms with E-state index in [1.165, 1.54) is 12.1 Å². The normalized spacial score (nSPS) is 19.3. The molecule has 30 heavy (non-hydrogen) atoms. The zero-order valence-electron chi connectivity index (χ0n) is 17.2. The number of hydrogen-bond acceptors (Lipinski definition) is 5. The maximum atomic E-state index is 13.2. The van der Waals surface area contributed by atoms with Crippen LogP contribution < -0.4 is 10.5 Å². The highest BCUT2D eigenvalue weighted by Gasteiger charge is 2.30. The number of nitrogens with one attached hydrogen (secondary N) is 1. The molecule has 0 saturated carbocycles. The van der Waals surface area contributed by atoms with E-state index >= 15 is 0 Å². The first-order chi connectivity index (χ1) is 14.5. The fourth-order valence-electron chi connectivity index (χ4n) is 4.29. The van der Waals surface area contributed by atoms with E-state index in [2.05, 4.69) is 9.97 Å². The highest BCUT2D eigenvalue weighted by Crippen LogP contribution is 2.32. The van der Waals surface area contributed by atoms with Gasteiger partial charge in [0.15, 0.2) is 0 Å². The van der Waals surface area contributed by atoms with Crippen molar-refractivity contribution in [2.24, 2.45) is 0 Å². The standard InChI is InChI=1S/C22H27FN4O3/c1-15-18(21(29)25-22(24-15)26-11-13-30-14-12-26)8-9-20(28)27-10-2-3-19(27)16-4-6-17(23)7-5-16/h4-7,19H,2-3,8-14H2,1H3,(H,24,25,29). The first-order valence-corrected chi connectivity index (χ1v) is 10.5. The lowest BCUT2D eigenvalue weighted by atomic mass is 10.0. The van der Waals surface area contributed by atoms with Crippen LogP contribution in [0.5, 0.6) is 0 Å². The molecule has 7 nitrogen and oxygen atoms in total. The molecule has 1 aromatic carbocycles. The molecule has 1 unspecified atom stereocenters. The van der Waals surface area contributed by atoms with Gasteiger partial charge in [-0.2, -0.15) is 0 Å². The fourth-order valence-corrected chi connectivity index (χ4v) is 4.29. The lowest BCUT2D eigenvalue weighted by molar-refractivity contribution is -0.132. The molecule has 160 valence electrons. The molecule has 2 aliphatic heterocycles. The van der Waals surface area contributed by atoms with Crippen LogP contribution in [0.2, 0.25) is 0 Å². The Morgan fingerprint density at radius 2 is 1.97 bits per heavy atom. The van der Waals surface area contributed by atoms with Crippen molar-refractivity contribution in [2.45, 2.75) is 38.6 Å². The summed E-state index contributed by atoms with van der Waals surface area (Å²) in [4.78, 5) is 36.8. The van der Waals surface area contributed by atoms with Crippen LogP contribution in [-0.4, -0.2) is 53.6 Å². The molecule has 1 N–H and O–H groups in total. The Bertz CT molecular complexity index is 954. The topological polar surface area (TPSA) is 78.5 Å². The average molecular weight is 414 g/mol. The molecule has 3 heterocycles. The average Bonchev–Trinajstić information content (AvgIpc) is 3.24. The Labute approximate surface area is 174 Å². The SMILES string of the molecule is Cc1nc(N2CCOCC2)[nH]c(=O)c1CCC(=O)N1CCCC1c1ccc(F)cc1. The summed E-state index contributed by atoms with van der Waals surface area (Å²) in [5.41, 5.74) is 1.98. The summed E-state index contributed by atoms with van der Waals surface area (Å²) in [7, 11) is 0. The molecule has 1 atom stereocenters. The van der Waals surface area contributed by atoms with Gasteiger partial charge in [-0.05, 0) is 43.9 Å². The van der Waals surface area contributed by atoms with E-state index in [4.69, 9.17) is 4.74 Å². The van der Waals surface area contributed by atoms with Crippen LogP contribution in [-0.2, 0) is 16.0 Å². The molecule has 8 heteroatoms. The Morgan fingerprint density at radius 1 is 1.23 bits per heavy atom. The molecule has 1 aromatic heterocycles. The van der Waals surface area contributed by atoms with Crippen LogP contribution in [0.15, 0.2) is 29.1 Å². The number of amides is 1. The van der Waals surface area contributed by atoms with Crippen molar-refractivity contribution in [3.8, 4) is 0 Å². The smallest absolute Gasteiger partial charge is 0.255 e. The first-order valence-electron chi connectivity index (χ1n) is 10.5. The van der Waals surface area contributed by atoms with Crippen molar-refractivity contribution < 1.29 is 13.9 Å². The van der Waals surface area contributed by atoms with Gasteiger partial charge in [-0.15, -0.1) is 0 Å². The molecule has 2 aromatic rings. The van der Waals surface area contributed by atoms with Crippen LogP contribution in [0.1, 0.15) is 42.1 Å². The van der Waals surface area contributed by atoms with Gasteiger partial charge in [-0.25, -0.2) is 9.37 Å². The number of carbonyl (C=O) groups is 1. The first kappa shape index (κ1) is 20.5. The Hall–Kier alpha value is -2.74. The van der Waals surface area contributed by atoms with Crippen LogP contribution in [0.25, 0.3) is 0 Å². The number of rotatable bonds is 5. The lowest BCUT2D eigenvalue weighted by Crippen LogP contribution is -2.38. The van der Waals surface area contributed by atoms with Crippen LogP contribution in [0.3, 0.4) is 0 Å². The fraction of sp³-hybridized carbons (Fsp3) is 0.500. The van der Waals surface area contributed by atoms with Gasteiger partial charge >= 0.3 is 0 Å². The zero-order valence-corrected chi connectivity index (χ0v) is 17.2. The van der Waals surface area contributed by atoms with Crippen molar-refractivity contribution >= 4 is 11.9 Å². The minimum atomic E-state index is -0.280. The molecule has 2 saturated heterocycles. The molecule has 4 rings (SSSR count). The summed E-state index contributed by atoms with van der Waals surface area (Å²) in [6.45, 7) is 5.12. The van der Waals surface area contributed by atoms with Gasteiger partial charge in [-0.3, -0.25) is 14.6 Å².